The van der Waals surface area contributed by atoms with E-state index in [-0.39, 0.29) is 12.3 Å². The topological polar surface area (TPSA) is 63.4 Å². The smallest absolute Gasteiger partial charge is 0.252 e. The largest absolute Gasteiger partial charge is 0.339 e. The normalized spacial score (nSPS) is 22.3. The average Bonchev–Trinajstić information content (AvgIpc) is 3.21. The van der Waals surface area contributed by atoms with E-state index in [2.05, 4.69) is 20.0 Å². The molecule has 0 bridgehead atoms. The Hall–Kier alpha value is -1.98. The van der Waals surface area contributed by atoms with Gasteiger partial charge in [-0.1, -0.05) is 32.1 Å². The van der Waals surface area contributed by atoms with Crippen molar-refractivity contribution in [3.8, 4) is 0 Å². The van der Waals surface area contributed by atoms with Gasteiger partial charge in [0.1, 0.15) is 0 Å². The molecule has 1 atom stereocenters. The first-order valence-electron chi connectivity index (χ1n) is 9.25. The summed E-state index contributed by atoms with van der Waals surface area (Å²) >= 11 is 0. The maximum atomic E-state index is 12.8. The first-order valence-corrected chi connectivity index (χ1v) is 9.25. The summed E-state index contributed by atoms with van der Waals surface area (Å²) in [7, 11) is 0. The van der Waals surface area contributed by atoms with E-state index in [9.17, 15) is 4.79 Å². The summed E-state index contributed by atoms with van der Waals surface area (Å²) in [6.45, 7) is 0.891. The molecule has 1 aliphatic carbocycles. The van der Waals surface area contributed by atoms with Crippen LogP contribution in [0, 0.1) is 5.92 Å². The average molecular weight is 327 g/mol. The van der Waals surface area contributed by atoms with Gasteiger partial charge in [-0.2, -0.15) is 4.98 Å². The third-order valence-corrected chi connectivity index (χ3v) is 5.50. The van der Waals surface area contributed by atoms with Crippen LogP contribution in [0.25, 0.3) is 5.78 Å². The van der Waals surface area contributed by atoms with Crippen LogP contribution in [0.1, 0.15) is 57.2 Å². The van der Waals surface area contributed by atoms with Gasteiger partial charge >= 0.3 is 0 Å². The first-order chi connectivity index (χ1) is 11.8. The fourth-order valence-electron chi connectivity index (χ4n) is 4.30. The summed E-state index contributed by atoms with van der Waals surface area (Å²) in [4.78, 5) is 23.4. The Bertz CT molecular complexity index is 673. The van der Waals surface area contributed by atoms with E-state index >= 15 is 0 Å². The van der Waals surface area contributed by atoms with Gasteiger partial charge in [-0.15, -0.1) is 5.10 Å². The van der Waals surface area contributed by atoms with Crippen molar-refractivity contribution in [3.05, 3.63) is 24.3 Å². The molecular formula is C18H25N5O. The second-order valence-corrected chi connectivity index (χ2v) is 7.19. The minimum Gasteiger partial charge on any atom is -0.339 e. The van der Waals surface area contributed by atoms with Crippen molar-refractivity contribution < 1.29 is 4.79 Å². The molecule has 1 unspecified atom stereocenters. The molecule has 2 aromatic rings. The minimum atomic E-state index is 0.171. The van der Waals surface area contributed by atoms with E-state index < -0.39 is 0 Å². The molecule has 0 N–H and O–H groups in total. The number of hydrogen-bond acceptors (Lipinski definition) is 4. The molecule has 1 aliphatic heterocycles. The Kier molecular flexibility index (Phi) is 4.45. The molecule has 2 fully saturated rings. The number of likely N-dealkylation sites (tertiary alicyclic amines) is 1. The van der Waals surface area contributed by atoms with Crippen molar-refractivity contribution in [3.63, 3.8) is 0 Å². The standard InChI is InChI=1S/C18H25N5O/c24-17(13-16-20-18-19-9-5-11-23(18)21-16)22-10-4-8-15(22)12-14-6-2-1-3-7-14/h5,9,11,14-15H,1-4,6-8,10,12-13H2. The van der Waals surface area contributed by atoms with Gasteiger partial charge in [0.05, 0.1) is 6.42 Å². The number of amides is 1. The first kappa shape index (κ1) is 15.5. The summed E-state index contributed by atoms with van der Waals surface area (Å²) < 4.78 is 1.63. The zero-order valence-electron chi connectivity index (χ0n) is 14.1. The van der Waals surface area contributed by atoms with Crippen molar-refractivity contribution in [2.24, 2.45) is 5.92 Å². The lowest BCUT2D eigenvalue weighted by Crippen LogP contribution is -2.38. The van der Waals surface area contributed by atoms with Crippen LogP contribution in [-0.4, -0.2) is 43.0 Å². The number of hydrogen-bond donors (Lipinski definition) is 0. The van der Waals surface area contributed by atoms with E-state index in [0.29, 0.717) is 17.6 Å². The Morgan fingerprint density at radius 2 is 2.04 bits per heavy atom. The number of aromatic nitrogens is 4. The second kappa shape index (κ2) is 6.87. The van der Waals surface area contributed by atoms with E-state index in [0.717, 1.165) is 25.3 Å². The summed E-state index contributed by atoms with van der Waals surface area (Å²) in [6.07, 6.45) is 14.1. The molecule has 1 amide bonds. The fraction of sp³-hybridized carbons (Fsp3) is 0.667. The predicted octanol–water partition coefficient (Wildman–Crippen LogP) is 2.63. The number of fused-ring (bicyclic) bond motifs is 1. The Morgan fingerprint density at radius 3 is 2.88 bits per heavy atom. The highest BCUT2D eigenvalue weighted by atomic mass is 16.2. The maximum absolute atomic E-state index is 12.8. The van der Waals surface area contributed by atoms with Crippen LogP contribution in [0.3, 0.4) is 0 Å². The fourth-order valence-corrected chi connectivity index (χ4v) is 4.30. The van der Waals surface area contributed by atoms with Crippen LogP contribution in [0.2, 0.25) is 0 Å². The molecule has 2 aromatic heterocycles. The quantitative estimate of drug-likeness (QED) is 0.866. The SMILES string of the molecule is O=C(Cc1nc2ncccn2n1)N1CCCC1CC1CCCCC1. The molecule has 1 saturated carbocycles. The van der Waals surface area contributed by atoms with Crippen LogP contribution >= 0.6 is 0 Å². The summed E-state index contributed by atoms with van der Waals surface area (Å²) in [5.41, 5.74) is 0. The molecule has 6 heteroatoms. The highest BCUT2D eigenvalue weighted by molar-refractivity contribution is 5.78. The van der Waals surface area contributed by atoms with Gasteiger partial charge in [0.15, 0.2) is 5.82 Å². The van der Waals surface area contributed by atoms with Crippen molar-refractivity contribution in [2.45, 2.75) is 63.8 Å². The molecular weight excluding hydrogens is 302 g/mol. The van der Waals surface area contributed by atoms with Crippen LogP contribution in [0.4, 0.5) is 0 Å². The van der Waals surface area contributed by atoms with Gasteiger partial charge in [-0.3, -0.25) is 4.79 Å². The highest BCUT2D eigenvalue weighted by Gasteiger charge is 2.31. The Balaban J connectivity index is 1.40. The predicted molar refractivity (Wildman–Crippen MR) is 90.4 cm³/mol. The molecule has 3 heterocycles. The zero-order chi connectivity index (χ0) is 16.4. The van der Waals surface area contributed by atoms with Gasteiger partial charge in [0.2, 0.25) is 5.91 Å². The minimum absolute atomic E-state index is 0.171. The van der Waals surface area contributed by atoms with Crippen LogP contribution < -0.4 is 0 Å². The number of rotatable bonds is 4. The molecule has 24 heavy (non-hydrogen) atoms. The Morgan fingerprint density at radius 1 is 1.17 bits per heavy atom. The molecule has 128 valence electrons. The lowest BCUT2D eigenvalue weighted by molar-refractivity contribution is -0.131. The molecule has 0 aromatic carbocycles. The van der Waals surface area contributed by atoms with E-state index in [4.69, 9.17) is 0 Å². The number of carbonyl (C=O) groups is 1. The van der Waals surface area contributed by atoms with E-state index in [1.54, 1.807) is 10.7 Å². The summed E-state index contributed by atoms with van der Waals surface area (Å²) in [6, 6.07) is 2.24. The third kappa shape index (κ3) is 3.28. The van der Waals surface area contributed by atoms with Crippen LogP contribution in [0.5, 0.6) is 0 Å². The molecule has 2 aliphatic rings. The highest BCUT2D eigenvalue weighted by Crippen LogP contribution is 2.32. The lowest BCUT2D eigenvalue weighted by atomic mass is 9.84. The molecule has 4 rings (SSSR count). The molecule has 0 spiro atoms. The molecule has 6 nitrogen and oxygen atoms in total. The zero-order valence-corrected chi connectivity index (χ0v) is 14.1. The number of carbonyl (C=O) groups excluding carboxylic acids is 1. The van der Waals surface area contributed by atoms with Crippen molar-refractivity contribution in [2.75, 3.05) is 6.54 Å². The van der Waals surface area contributed by atoms with E-state index in [1.165, 1.54) is 38.5 Å². The number of nitrogens with zero attached hydrogens (tertiary/aromatic N) is 5. The van der Waals surface area contributed by atoms with Gasteiger partial charge in [0.25, 0.3) is 5.78 Å². The third-order valence-electron chi connectivity index (χ3n) is 5.50. The maximum Gasteiger partial charge on any atom is 0.252 e. The monoisotopic (exact) mass is 327 g/mol. The van der Waals surface area contributed by atoms with Gasteiger partial charge < -0.3 is 4.90 Å². The van der Waals surface area contributed by atoms with Crippen LogP contribution in [0.15, 0.2) is 18.5 Å². The Labute approximate surface area is 142 Å². The van der Waals surface area contributed by atoms with Crippen molar-refractivity contribution in [1.29, 1.82) is 0 Å². The second-order valence-electron chi connectivity index (χ2n) is 7.19. The molecule has 1 saturated heterocycles. The summed E-state index contributed by atoms with van der Waals surface area (Å²) in [5, 5.41) is 4.36. The lowest BCUT2D eigenvalue weighted by Gasteiger charge is -2.30. The van der Waals surface area contributed by atoms with Gasteiger partial charge in [-0.25, -0.2) is 9.50 Å². The van der Waals surface area contributed by atoms with Crippen molar-refractivity contribution in [1.82, 2.24) is 24.5 Å². The molecule has 0 radical (unpaired) electrons. The van der Waals surface area contributed by atoms with Crippen LogP contribution in [-0.2, 0) is 11.2 Å². The van der Waals surface area contributed by atoms with Gasteiger partial charge in [-0.05, 0) is 31.2 Å². The van der Waals surface area contributed by atoms with Crippen molar-refractivity contribution >= 4 is 11.7 Å². The van der Waals surface area contributed by atoms with Gasteiger partial charge in [0, 0.05) is 25.0 Å². The van der Waals surface area contributed by atoms with E-state index in [1.807, 2.05) is 12.3 Å². The summed E-state index contributed by atoms with van der Waals surface area (Å²) in [5.74, 6) is 2.11.